The highest BCUT2D eigenvalue weighted by Crippen LogP contribution is 2.15. The monoisotopic (exact) mass is 282 g/mol. The molecule has 0 N–H and O–H groups in total. The number of carbonyl (C=O) groups excluding carboxylic acids is 1. The molecule has 0 aromatic carbocycles. The molecule has 2 heterocycles. The number of ketones is 1. The van der Waals surface area contributed by atoms with E-state index < -0.39 is 0 Å². The summed E-state index contributed by atoms with van der Waals surface area (Å²) in [6, 6.07) is 1.94. The molecule has 2 aromatic rings. The van der Waals surface area contributed by atoms with Crippen LogP contribution in [0.1, 0.15) is 16.1 Å². The van der Waals surface area contributed by atoms with Crippen LogP contribution in [0.15, 0.2) is 33.8 Å². The SMILES string of the molecule is O=C(Cc1ccsc1)c1ncncc1Br. The fourth-order valence-corrected chi connectivity index (χ4v) is 2.29. The summed E-state index contributed by atoms with van der Waals surface area (Å²) in [5.41, 5.74) is 1.46. The largest absolute Gasteiger partial charge is 0.292 e. The maximum Gasteiger partial charge on any atom is 0.186 e. The Hall–Kier alpha value is -1.07. The molecule has 0 fully saturated rings. The molecule has 0 unspecified atom stereocenters. The minimum atomic E-state index is 0.00248. The van der Waals surface area contributed by atoms with Crippen molar-refractivity contribution in [1.82, 2.24) is 9.97 Å². The summed E-state index contributed by atoms with van der Waals surface area (Å²) < 4.78 is 0.644. The number of carbonyl (C=O) groups is 1. The summed E-state index contributed by atoms with van der Waals surface area (Å²) in [5.74, 6) is 0.00248. The lowest BCUT2D eigenvalue weighted by Crippen LogP contribution is -2.06. The molecule has 2 aromatic heterocycles. The standard InChI is InChI=1S/C10H7BrN2OS/c11-8-4-12-6-13-10(8)9(14)3-7-1-2-15-5-7/h1-2,4-6H,3H2. The second-order valence-corrected chi connectivity index (χ2v) is 4.59. The first-order valence-corrected chi connectivity index (χ1v) is 6.00. The zero-order chi connectivity index (χ0) is 10.7. The molecule has 0 atom stereocenters. The van der Waals surface area contributed by atoms with Crippen molar-refractivity contribution in [2.24, 2.45) is 0 Å². The van der Waals surface area contributed by atoms with E-state index in [2.05, 4.69) is 25.9 Å². The molecule has 15 heavy (non-hydrogen) atoms. The molecule has 0 saturated carbocycles. The zero-order valence-electron chi connectivity index (χ0n) is 7.68. The highest BCUT2D eigenvalue weighted by molar-refractivity contribution is 9.10. The van der Waals surface area contributed by atoms with Crippen molar-refractivity contribution in [3.8, 4) is 0 Å². The van der Waals surface area contributed by atoms with Gasteiger partial charge in [-0.1, -0.05) is 0 Å². The van der Waals surface area contributed by atoms with Gasteiger partial charge in [-0.25, -0.2) is 9.97 Å². The maximum atomic E-state index is 11.8. The fraction of sp³-hybridized carbons (Fsp3) is 0.100. The van der Waals surface area contributed by atoms with E-state index >= 15 is 0 Å². The second kappa shape index (κ2) is 4.63. The van der Waals surface area contributed by atoms with Gasteiger partial charge in [-0.2, -0.15) is 11.3 Å². The van der Waals surface area contributed by atoms with Gasteiger partial charge in [-0.15, -0.1) is 0 Å². The van der Waals surface area contributed by atoms with Gasteiger partial charge >= 0.3 is 0 Å². The van der Waals surface area contributed by atoms with Gasteiger partial charge in [0.1, 0.15) is 12.0 Å². The van der Waals surface area contributed by atoms with E-state index in [4.69, 9.17) is 0 Å². The van der Waals surface area contributed by atoms with E-state index in [1.807, 2.05) is 16.8 Å². The summed E-state index contributed by atoms with van der Waals surface area (Å²) in [6.07, 6.45) is 3.35. The molecule has 2 rings (SSSR count). The molecular formula is C10H7BrN2OS. The summed E-state index contributed by atoms with van der Waals surface area (Å²) in [6.45, 7) is 0. The number of nitrogens with zero attached hydrogens (tertiary/aromatic N) is 2. The van der Waals surface area contributed by atoms with Crippen molar-refractivity contribution < 1.29 is 4.79 Å². The van der Waals surface area contributed by atoms with Gasteiger partial charge in [-0.05, 0) is 38.3 Å². The average molecular weight is 283 g/mol. The zero-order valence-corrected chi connectivity index (χ0v) is 10.1. The van der Waals surface area contributed by atoms with Gasteiger partial charge < -0.3 is 0 Å². The quantitative estimate of drug-likeness (QED) is 0.813. The Kier molecular flexibility index (Phi) is 3.23. The molecule has 76 valence electrons. The third-order valence-electron chi connectivity index (χ3n) is 1.88. The molecule has 0 bridgehead atoms. The Bertz CT molecular complexity index is 470. The minimum Gasteiger partial charge on any atom is -0.292 e. The van der Waals surface area contributed by atoms with Crippen molar-refractivity contribution in [2.75, 3.05) is 0 Å². The third kappa shape index (κ3) is 2.49. The van der Waals surface area contributed by atoms with Gasteiger partial charge in [0.2, 0.25) is 0 Å². The smallest absolute Gasteiger partial charge is 0.186 e. The Morgan fingerprint density at radius 2 is 2.40 bits per heavy atom. The first-order chi connectivity index (χ1) is 7.27. The summed E-state index contributed by atoms with van der Waals surface area (Å²) >= 11 is 4.84. The Balaban J connectivity index is 2.19. The van der Waals surface area contributed by atoms with Crippen LogP contribution in [-0.2, 0) is 6.42 Å². The summed E-state index contributed by atoms with van der Waals surface area (Å²) in [7, 11) is 0. The number of rotatable bonds is 3. The van der Waals surface area contributed by atoms with Gasteiger partial charge in [-0.3, -0.25) is 4.79 Å². The average Bonchev–Trinajstić information content (AvgIpc) is 2.71. The molecule has 5 heteroatoms. The van der Waals surface area contributed by atoms with Crippen molar-refractivity contribution in [3.05, 3.63) is 45.1 Å². The predicted octanol–water partition coefficient (Wildman–Crippen LogP) is 2.73. The van der Waals surface area contributed by atoms with Crippen LogP contribution in [0.3, 0.4) is 0 Å². The summed E-state index contributed by atoms with van der Waals surface area (Å²) in [4.78, 5) is 19.6. The minimum absolute atomic E-state index is 0.00248. The van der Waals surface area contributed by atoms with Gasteiger partial charge in [0.25, 0.3) is 0 Å². The van der Waals surface area contributed by atoms with Crippen molar-refractivity contribution >= 4 is 33.0 Å². The van der Waals surface area contributed by atoms with Crippen LogP contribution in [0.5, 0.6) is 0 Å². The second-order valence-electron chi connectivity index (χ2n) is 2.95. The van der Waals surface area contributed by atoms with Crippen LogP contribution in [-0.4, -0.2) is 15.8 Å². The highest BCUT2D eigenvalue weighted by atomic mass is 79.9. The normalized spacial score (nSPS) is 10.2. The lowest BCUT2D eigenvalue weighted by atomic mass is 10.1. The van der Waals surface area contributed by atoms with E-state index in [9.17, 15) is 4.79 Å². The van der Waals surface area contributed by atoms with Crippen LogP contribution >= 0.6 is 27.3 Å². The molecule has 0 amide bonds. The summed E-state index contributed by atoms with van der Waals surface area (Å²) in [5, 5.41) is 3.92. The van der Waals surface area contributed by atoms with E-state index in [0.717, 1.165) is 5.56 Å². The van der Waals surface area contributed by atoms with Gasteiger partial charge in [0, 0.05) is 12.6 Å². The molecule has 0 aliphatic carbocycles. The Labute approximate surface area is 99.3 Å². The fourth-order valence-electron chi connectivity index (χ4n) is 1.18. The Morgan fingerprint density at radius 1 is 1.53 bits per heavy atom. The van der Waals surface area contributed by atoms with Crippen molar-refractivity contribution in [3.63, 3.8) is 0 Å². The number of hydrogen-bond donors (Lipinski definition) is 0. The molecule has 3 nitrogen and oxygen atoms in total. The van der Waals surface area contributed by atoms with Crippen LogP contribution in [0, 0.1) is 0 Å². The number of aromatic nitrogens is 2. The molecule has 0 aliphatic rings. The molecule has 0 spiro atoms. The van der Waals surface area contributed by atoms with E-state index in [1.54, 1.807) is 17.5 Å². The lowest BCUT2D eigenvalue weighted by molar-refractivity contribution is 0.0987. The lowest BCUT2D eigenvalue weighted by Gasteiger charge is -1.99. The van der Waals surface area contributed by atoms with E-state index in [0.29, 0.717) is 16.6 Å². The van der Waals surface area contributed by atoms with Crippen LogP contribution in [0.2, 0.25) is 0 Å². The van der Waals surface area contributed by atoms with Crippen LogP contribution in [0.4, 0.5) is 0 Å². The number of thiophene rings is 1. The number of halogens is 1. The van der Waals surface area contributed by atoms with E-state index in [1.165, 1.54) is 6.33 Å². The molecule has 0 saturated heterocycles. The maximum absolute atomic E-state index is 11.8. The first-order valence-electron chi connectivity index (χ1n) is 4.27. The van der Waals surface area contributed by atoms with Crippen LogP contribution < -0.4 is 0 Å². The van der Waals surface area contributed by atoms with E-state index in [-0.39, 0.29) is 5.78 Å². The van der Waals surface area contributed by atoms with Crippen molar-refractivity contribution in [1.29, 1.82) is 0 Å². The molecule has 0 aliphatic heterocycles. The predicted molar refractivity (Wildman–Crippen MR) is 62.1 cm³/mol. The van der Waals surface area contributed by atoms with Gasteiger partial charge in [0.05, 0.1) is 4.47 Å². The third-order valence-corrected chi connectivity index (χ3v) is 3.19. The highest BCUT2D eigenvalue weighted by Gasteiger charge is 2.12. The molecule has 0 radical (unpaired) electrons. The number of Topliss-reactive ketones (excluding diaryl/α,β-unsaturated/α-hetero) is 1. The topological polar surface area (TPSA) is 42.9 Å². The van der Waals surface area contributed by atoms with Crippen LogP contribution in [0.25, 0.3) is 0 Å². The van der Waals surface area contributed by atoms with Gasteiger partial charge in [0.15, 0.2) is 5.78 Å². The Morgan fingerprint density at radius 3 is 3.07 bits per heavy atom. The van der Waals surface area contributed by atoms with Crippen molar-refractivity contribution in [2.45, 2.75) is 6.42 Å². The molecular weight excluding hydrogens is 276 g/mol. The first kappa shape index (κ1) is 10.4. The number of hydrogen-bond acceptors (Lipinski definition) is 4.